The number of thiazole rings is 1. The second-order valence-corrected chi connectivity index (χ2v) is 11.0. The molecule has 2 aliphatic heterocycles. The van der Waals surface area contributed by atoms with Crippen LogP contribution in [0.15, 0.2) is 30.6 Å². The van der Waals surface area contributed by atoms with Crippen molar-refractivity contribution in [3.63, 3.8) is 0 Å². The molecule has 2 aliphatic rings. The van der Waals surface area contributed by atoms with Gasteiger partial charge in [0, 0.05) is 38.5 Å². The summed E-state index contributed by atoms with van der Waals surface area (Å²) in [4.78, 5) is 48.3. The third kappa shape index (κ3) is 6.24. The van der Waals surface area contributed by atoms with Gasteiger partial charge in [-0.1, -0.05) is 12.1 Å². The van der Waals surface area contributed by atoms with E-state index in [2.05, 4.69) is 25.8 Å². The lowest BCUT2D eigenvalue weighted by molar-refractivity contribution is -0.132. The number of hydrogen-bond acceptors (Lipinski definition) is 9. The summed E-state index contributed by atoms with van der Waals surface area (Å²) in [5.74, 6) is -0.0787. The van der Waals surface area contributed by atoms with Crippen molar-refractivity contribution in [1.29, 1.82) is 0 Å². The van der Waals surface area contributed by atoms with E-state index in [9.17, 15) is 14.4 Å². The van der Waals surface area contributed by atoms with Gasteiger partial charge in [-0.05, 0) is 48.4 Å². The first-order valence-electron chi connectivity index (χ1n) is 13.1. The first kappa shape index (κ1) is 26.7. The van der Waals surface area contributed by atoms with Crippen LogP contribution in [0.3, 0.4) is 0 Å². The maximum Gasteiger partial charge on any atom is 0.265 e. The van der Waals surface area contributed by atoms with Crippen molar-refractivity contribution in [3.05, 3.63) is 51.7 Å². The molecule has 206 valence electrons. The third-order valence-corrected chi connectivity index (χ3v) is 8.22. The van der Waals surface area contributed by atoms with Gasteiger partial charge < -0.3 is 19.9 Å². The summed E-state index contributed by atoms with van der Waals surface area (Å²) < 4.78 is 7.56. The molecule has 3 amide bonds. The number of hydrogen-bond donors (Lipinski definition) is 1. The molecule has 2 bridgehead atoms. The van der Waals surface area contributed by atoms with Crippen LogP contribution in [0.1, 0.15) is 44.7 Å². The predicted molar refractivity (Wildman–Crippen MR) is 142 cm³/mol. The lowest BCUT2D eigenvalue weighted by Gasteiger charge is -2.24. The van der Waals surface area contributed by atoms with Crippen LogP contribution < -0.4 is 10.1 Å². The van der Waals surface area contributed by atoms with Crippen LogP contribution in [0.5, 0.6) is 5.75 Å². The van der Waals surface area contributed by atoms with E-state index in [1.54, 1.807) is 9.80 Å². The number of likely N-dealkylation sites (tertiary alicyclic amines) is 1. The highest BCUT2D eigenvalue weighted by molar-refractivity contribution is 7.13. The number of aromatic nitrogens is 5. The van der Waals surface area contributed by atoms with E-state index in [0.717, 1.165) is 16.3 Å². The molecule has 13 heteroatoms. The molecular weight excluding hydrogens is 520 g/mol. The van der Waals surface area contributed by atoms with Crippen LogP contribution >= 0.6 is 11.3 Å². The number of nitrogens with one attached hydrogen (secondary N) is 1. The Kier molecular flexibility index (Phi) is 8.15. The van der Waals surface area contributed by atoms with Gasteiger partial charge in [-0.15, -0.1) is 16.4 Å². The Hall–Kier alpha value is -3.87. The van der Waals surface area contributed by atoms with Crippen molar-refractivity contribution in [1.82, 2.24) is 40.3 Å². The summed E-state index contributed by atoms with van der Waals surface area (Å²) in [6, 6.07) is 7.70. The molecule has 2 atom stereocenters. The Bertz CT molecular complexity index is 1330. The highest BCUT2D eigenvalue weighted by Crippen LogP contribution is 2.36. The minimum absolute atomic E-state index is 0.0279. The molecule has 3 aromatic rings. The van der Waals surface area contributed by atoms with E-state index in [1.165, 1.54) is 22.3 Å². The fourth-order valence-corrected chi connectivity index (χ4v) is 6.07. The monoisotopic (exact) mass is 552 g/mol. The average molecular weight is 553 g/mol. The largest absolute Gasteiger partial charge is 0.492 e. The normalized spacial score (nSPS) is 20.1. The smallest absolute Gasteiger partial charge is 0.265 e. The SMILES string of the molecule is Cc1nc(C)c(C(=O)N2C[C@@H]3C(=O)NCCCN(C(=O)CCn4cnnn4)CCOc4cccc(c4)[C@H]3C2)s1. The maximum absolute atomic E-state index is 13.4. The lowest BCUT2D eigenvalue weighted by atomic mass is 9.88. The van der Waals surface area contributed by atoms with Crippen LogP contribution in [-0.2, 0) is 16.1 Å². The van der Waals surface area contributed by atoms with Crippen molar-refractivity contribution in [2.24, 2.45) is 5.92 Å². The van der Waals surface area contributed by atoms with Gasteiger partial charge in [0.2, 0.25) is 11.8 Å². The first-order valence-corrected chi connectivity index (χ1v) is 13.9. The molecule has 0 spiro atoms. The number of carbonyl (C=O) groups excluding carboxylic acids is 3. The van der Waals surface area contributed by atoms with E-state index >= 15 is 0 Å². The van der Waals surface area contributed by atoms with Gasteiger partial charge in [-0.3, -0.25) is 14.4 Å². The molecule has 1 aromatic carbocycles. The number of benzene rings is 1. The van der Waals surface area contributed by atoms with Crippen LogP contribution in [-0.4, -0.2) is 92.0 Å². The van der Waals surface area contributed by atoms with Crippen molar-refractivity contribution in [2.75, 3.05) is 39.3 Å². The molecular formula is C26H32N8O4S. The molecule has 5 rings (SSSR count). The zero-order valence-corrected chi connectivity index (χ0v) is 22.9. The molecule has 0 aliphatic carbocycles. The quantitative estimate of drug-likeness (QED) is 0.514. The van der Waals surface area contributed by atoms with E-state index in [1.807, 2.05) is 38.1 Å². The molecule has 0 unspecified atom stereocenters. The number of ether oxygens (including phenoxy) is 1. The molecule has 12 nitrogen and oxygen atoms in total. The van der Waals surface area contributed by atoms with Crippen molar-refractivity contribution in [2.45, 2.75) is 39.2 Å². The Balaban J connectivity index is 1.31. The van der Waals surface area contributed by atoms with Crippen molar-refractivity contribution in [3.8, 4) is 5.75 Å². The Labute approximate surface area is 230 Å². The van der Waals surface area contributed by atoms with E-state index in [-0.39, 0.29) is 30.1 Å². The van der Waals surface area contributed by atoms with Crippen molar-refractivity contribution < 1.29 is 19.1 Å². The van der Waals surface area contributed by atoms with Gasteiger partial charge in [0.25, 0.3) is 5.91 Å². The summed E-state index contributed by atoms with van der Waals surface area (Å²) >= 11 is 1.39. The summed E-state index contributed by atoms with van der Waals surface area (Å²) in [7, 11) is 0. The minimum Gasteiger partial charge on any atom is -0.492 e. The van der Waals surface area contributed by atoms with Crippen LogP contribution in [0, 0.1) is 19.8 Å². The lowest BCUT2D eigenvalue weighted by Crippen LogP contribution is -2.39. The third-order valence-electron chi connectivity index (χ3n) is 7.16. The second-order valence-electron chi connectivity index (χ2n) is 9.84. The summed E-state index contributed by atoms with van der Waals surface area (Å²) in [5.41, 5.74) is 1.67. The molecule has 4 heterocycles. The summed E-state index contributed by atoms with van der Waals surface area (Å²) in [6.07, 6.45) is 2.35. The van der Waals surface area contributed by atoms with Gasteiger partial charge in [0.1, 0.15) is 23.6 Å². The molecule has 39 heavy (non-hydrogen) atoms. The standard InChI is InChI=1S/C26H32N8O4S/c1-17-24(39-18(2)29-17)26(37)33-14-21-19-5-3-6-20(13-19)38-12-11-32(9-4-8-27-25(36)22(21)15-33)23(35)7-10-34-16-28-30-31-34/h3,5-6,13,16,21-22H,4,7-12,14-15H2,1-2H3,(H,27,36)/t21-,22+/m1/s1. The highest BCUT2D eigenvalue weighted by atomic mass is 32.1. The zero-order chi connectivity index (χ0) is 27.4. The molecule has 1 N–H and O–H groups in total. The number of rotatable bonds is 4. The molecule has 0 saturated carbocycles. The number of nitrogens with zero attached hydrogens (tertiary/aromatic N) is 7. The minimum atomic E-state index is -0.393. The van der Waals surface area contributed by atoms with Crippen molar-refractivity contribution >= 4 is 29.1 Å². The second kappa shape index (κ2) is 11.9. The summed E-state index contributed by atoms with van der Waals surface area (Å²) in [5, 5.41) is 14.9. The van der Waals surface area contributed by atoms with Crippen LogP contribution in [0.2, 0.25) is 0 Å². The Morgan fingerprint density at radius 2 is 2.00 bits per heavy atom. The van der Waals surface area contributed by atoms with Gasteiger partial charge in [0.15, 0.2) is 0 Å². The molecule has 2 aromatic heterocycles. The molecule has 0 radical (unpaired) electrons. The number of amides is 3. The van der Waals surface area contributed by atoms with Gasteiger partial charge >= 0.3 is 0 Å². The van der Waals surface area contributed by atoms with Crippen LogP contribution in [0.4, 0.5) is 0 Å². The fraction of sp³-hybridized carbons (Fsp3) is 0.500. The molecule has 1 saturated heterocycles. The fourth-order valence-electron chi connectivity index (χ4n) is 5.18. The number of fused-ring (bicyclic) bond motifs is 4. The highest BCUT2D eigenvalue weighted by Gasteiger charge is 2.41. The van der Waals surface area contributed by atoms with E-state index in [4.69, 9.17) is 4.74 Å². The summed E-state index contributed by atoms with van der Waals surface area (Å²) in [6.45, 7) is 6.58. The Morgan fingerprint density at radius 3 is 2.77 bits per heavy atom. The number of carbonyl (C=O) groups is 3. The van der Waals surface area contributed by atoms with Gasteiger partial charge in [0.05, 0.1) is 29.7 Å². The maximum atomic E-state index is 13.4. The van der Waals surface area contributed by atoms with E-state index in [0.29, 0.717) is 62.9 Å². The Morgan fingerprint density at radius 1 is 1.15 bits per heavy atom. The number of aryl methyl sites for hydroxylation is 3. The number of tetrazole rings is 1. The van der Waals surface area contributed by atoms with Crippen LogP contribution in [0.25, 0.3) is 0 Å². The average Bonchev–Trinajstić information content (AvgIpc) is 3.68. The predicted octanol–water partition coefficient (Wildman–Crippen LogP) is 1.42. The first-order chi connectivity index (χ1) is 18.9. The topological polar surface area (TPSA) is 135 Å². The molecule has 1 fully saturated rings. The van der Waals surface area contributed by atoms with Gasteiger partial charge in [-0.2, -0.15) is 0 Å². The zero-order valence-electron chi connectivity index (χ0n) is 22.1. The van der Waals surface area contributed by atoms with Gasteiger partial charge in [-0.25, -0.2) is 9.67 Å². The van der Waals surface area contributed by atoms with E-state index < -0.39 is 5.92 Å².